The molecule has 3 rings (SSSR count). The first kappa shape index (κ1) is 19.6. The summed E-state index contributed by atoms with van der Waals surface area (Å²) < 4.78 is 12.7. The minimum atomic E-state index is -1.18. The molecule has 8 nitrogen and oxygen atoms in total. The molecule has 1 unspecified atom stereocenters. The number of carbonyl (C=O) groups is 1. The van der Waals surface area contributed by atoms with E-state index in [0.29, 0.717) is 18.9 Å². The lowest BCUT2D eigenvalue weighted by Gasteiger charge is -2.36. The van der Waals surface area contributed by atoms with Crippen LogP contribution in [0, 0.1) is 0 Å². The van der Waals surface area contributed by atoms with Crippen LogP contribution in [0.15, 0.2) is 29.3 Å². The monoisotopic (exact) mass is 375 g/mol. The summed E-state index contributed by atoms with van der Waals surface area (Å²) in [7, 11) is 3.54. The van der Waals surface area contributed by atoms with Crippen LogP contribution in [0.4, 0.5) is 0 Å². The number of hydrogen-bond acceptors (Lipinski definition) is 6. The molecule has 1 aromatic rings. The standard InChI is InChI=1S/C19H29N5O3/c1-14-8-9-21-19(23-14,17-12-20-13-24(17)2)18(25)22-15-4-6-16(7-5-15)27-11-10-26-3/h8-9,12-13,15-16,23H,4-7,10-11H2,1-3H3,(H,22,25). The van der Waals surface area contributed by atoms with E-state index in [1.807, 2.05) is 24.6 Å². The average molecular weight is 375 g/mol. The summed E-state index contributed by atoms with van der Waals surface area (Å²) in [5.41, 5.74) is 0.410. The highest BCUT2D eigenvalue weighted by atomic mass is 16.5. The largest absolute Gasteiger partial charge is 0.382 e. The molecule has 0 spiro atoms. The number of hydrogen-bond donors (Lipinski definition) is 2. The van der Waals surface area contributed by atoms with Crippen LogP contribution < -0.4 is 10.6 Å². The lowest BCUT2D eigenvalue weighted by molar-refractivity contribution is -0.129. The predicted octanol–water partition coefficient (Wildman–Crippen LogP) is 1.24. The Bertz CT molecular complexity index is 706. The number of ether oxygens (including phenoxy) is 2. The highest BCUT2D eigenvalue weighted by molar-refractivity contribution is 5.91. The molecule has 0 bridgehead atoms. The summed E-state index contributed by atoms with van der Waals surface area (Å²) in [5.74, 6) is -0.154. The molecule has 1 fully saturated rings. The first-order valence-electron chi connectivity index (χ1n) is 9.43. The molecular weight excluding hydrogens is 346 g/mol. The van der Waals surface area contributed by atoms with Gasteiger partial charge >= 0.3 is 0 Å². The van der Waals surface area contributed by atoms with Gasteiger partial charge in [-0.15, -0.1) is 0 Å². The number of methoxy groups -OCH3 is 1. The molecule has 2 N–H and O–H groups in total. The van der Waals surface area contributed by atoms with Crippen LogP contribution in [0.2, 0.25) is 0 Å². The minimum Gasteiger partial charge on any atom is -0.382 e. The number of rotatable bonds is 7. The van der Waals surface area contributed by atoms with Gasteiger partial charge in [-0.05, 0) is 38.7 Å². The van der Waals surface area contributed by atoms with Gasteiger partial charge in [-0.25, -0.2) is 9.98 Å². The maximum atomic E-state index is 13.3. The third-order valence-electron chi connectivity index (χ3n) is 5.14. The number of nitrogens with one attached hydrogen (secondary N) is 2. The van der Waals surface area contributed by atoms with Gasteiger partial charge in [0.05, 0.1) is 37.5 Å². The molecule has 1 atom stereocenters. The van der Waals surface area contributed by atoms with E-state index >= 15 is 0 Å². The van der Waals surface area contributed by atoms with E-state index in [1.54, 1.807) is 25.8 Å². The van der Waals surface area contributed by atoms with E-state index in [9.17, 15) is 4.79 Å². The Balaban J connectivity index is 1.64. The zero-order chi connectivity index (χ0) is 19.3. The van der Waals surface area contributed by atoms with Crippen molar-refractivity contribution in [2.24, 2.45) is 12.0 Å². The van der Waals surface area contributed by atoms with Crippen LogP contribution in [-0.2, 0) is 27.0 Å². The van der Waals surface area contributed by atoms with Gasteiger partial charge in [0.1, 0.15) is 0 Å². The molecule has 2 aliphatic rings. The summed E-state index contributed by atoms with van der Waals surface area (Å²) in [6, 6.07) is 0.119. The number of amides is 1. The molecule has 0 saturated heterocycles. The summed E-state index contributed by atoms with van der Waals surface area (Å²) >= 11 is 0. The molecule has 2 heterocycles. The normalized spacial score (nSPS) is 27.7. The highest BCUT2D eigenvalue weighted by Gasteiger charge is 2.44. The first-order valence-corrected chi connectivity index (χ1v) is 9.43. The Morgan fingerprint density at radius 1 is 1.37 bits per heavy atom. The van der Waals surface area contributed by atoms with Crippen molar-refractivity contribution in [3.05, 3.63) is 30.0 Å². The van der Waals surface area contributed by atoms with Gasteiger partial charge in [-0.1, -0.05) is 0 Å². The van der Waals surface area contributed by atoms with Crippen LogP contribution in [-0.4, -0.2) is 54.1 Å². The molecule has 1 amide bonds. The van der Waals surface area contributed by atoms with Crippen LogP contribution >= 0.6 is 0 Å². The molecule has 1 aliphatic heterocycles. The van der Waals surface area contributed by atoms with Crippen molar-refractivity contribution >= 4 is 12.1 Å². The smallest absolute Gasteiger partial charge is 0.275 e. The summed E-state index contributed by atoms with van der Waals surface area (Å²) in [5, 5.41) is 6.45. The molecule has 0 radical (unpaired) electrons. The quantitative estimate of drug-likeness (QED) is 0.700. The predicted molar refractivity (Wildman–Crippen MR) is 102 cm³/mol. The fourth-order valence-electron chi connectivity index (χ4n) is 3.65. The van der Waals surface area contributed by atoms with Crippen molar-refractivity contribution in [2.45, 2.75) is 50.4 Å². The molecule has 27 heavy (non-hydrogen) atoms. The van der Waals surface area contributed by atoms with E-state index in [0.717, 1.165) is 31.4 Å². The SMILES string of the molecule is COCCOC1CCC(NC(=O)C2(c3cncn3C)N=CC=C(C)N2)CC1. The Morgan fingerprint density at radius 2 is 2.15 bits per heavy atom. The topological polar surface area (TPSA) is 89.8 Å². The Morgan fingerprint density at radius 3 is 2.78 bits per heavy atom. The Labute approximate surface area is 160 Å². The average Bonchev–Trinajstić information content (AvgIpc) is 3.10. The van der Waals surface area contributed by atoms with E-state index in [2.05, 4.69) is 20.6 Å². The zero-order valence-electron chi connectivity index (χ0n) is 16.3. The molecule has 8 heteroatoms. The molecule has 1 saturated carbocycles. The first-order chi connectivity index (χ1) is 13.0. The van der Waals surface area contributed by atoms with E-state index in [1.165, 1.54) is 0 Å². The van der Waals surface area contributed by atoms with E-state index in [4.69, 9.17) is 9.47 Å². The van der Waals surface area contributed by atoms with Gasteiger partial charge in [0.25, 0.3) is 11.6 Å². The molecule has 0 aromatic carbocycles. The molecule has 1 aromatic heterocycles. The highest BCUT2D eigenvalue weighted by Crippen LogP contribution is 2.28. The number of aliphatic imine (C=N–C) groups is 1. The minimum absolute atomic E-state index is 0.119. The third kappa shape index (κ3) is 4.39. The number of aryl methyl sites for hydroxylation is 1. The number of carbonyl (C=O) groups excluding carboxylic acids is 1. The number of allylic oxidation sites excluding steroid dienone is 2. The van der Waals surface area contributed by atoms with Crippen molar-refractivity contribution in [3.8, 4) is 0 Å². The fourth-order valence-corrected chi connectivity index (χ4v) is 3.65. The Hall–Kier alpha value is -2.19. The van der Waals surface area contributed by atoms with E-state index < -0.39 is 5.66 Å². The lowest BCUT2D eigenvalue weighted by Crippen LogP contribution is -2.57. The van der Waals surface area contributed by atoms with Gasteiger partial charge in [0.2, 0.25) is 0 Å². The van der Waals surface area contributed by atoms with Gasteiger partial charge < -0.3 is 24.7 Å². The maximum Gasteiger partial charge on any atom is 0.275 e. The number of aromatic nitrogens is 2. The van der Waals surface area contributed by atoms with Crippen molar-refractivity contribution in [3.63, 3.8) is 0 Å². The van der Waals surface area contributed by atoms with Crippen LogP contribution in [0.25, 0.3) is 0 Å². The molecule has 148 valence electrons. The summed E-state index contributed by atoms with van der Waals surface area (Å²) in [6.45, 7) is 3.15. The van der Waals surface area contributed by atoms with Crippen LogP contribution in [0.1, 0.15) is 38.3 Å². The van der Waals surface area contributed by atoms with Crippen molar-refractivity contribution in [1.82, 2.24) is 20.2 Å². The lowest BCUT2D eigenvalue weighted by atomic mass is 9.92. The molecular formula is C19H29N5O3. The van der Waals surface area contributed by atoms with Gasteiger partial charge in [-0.2, -0.15) is 0 Å². The second kappa shape index (κ2) is 8.67. The van der Waals surface area contributed by atoms with Crippen LogP contribution in [0.3, 0.4) is 0 Å². The summed E-state index contributed by atoms with van der Waals surface area (Å²) in [6.07, 6.45) is 10.8. The third-order valence-corrected chi connectivity index (χ3v) is 5.14. The number of nitrogens with zero attached hydrogens (tertiary/aromatic N) is 3. The van der Waals surface area contributed by atoms with Crippen molar-refractivity contribution < 1.29 is 14.3 Å². The second-order valence-electron chi connectivity index (χ2n) is 7.16. The van der Waals surface area contributed by atoms with E-state index in [-0.39, 0.29) is 18.1 Å². The van der Waals surface area contributed by atoms with Gasteiger partial charge in [0.15, 0.2) is 0 Å². The summed E-state index contributed by atoms with van der Waals surface area (Å²) in [4.78, 5) is 22.0. The van der Waals surface area contributed by atoms with Crippen molar-refractivity contribution in [1.29, 1.82) is 0 Å². The van der Waals surface area contributed by atoms with Crippen LogP contribution in [0.5, 0.6) is 0 Å². The maximum absolute atomic E-state index is 13.3. The fraction of sp³-hybridized carbons (Fsp3) is 0.632. The van der Waals surface area contributed by atoms with Gasteiger partial charge in [-0.3, -0.25) is 4.79 Å². The van der Waals surface area contributed by atoms with Gasteiger partial charge in [0, 0.05) is 32.1 Å². The molecule has 1 aliphatic carbocycles. The Kier molecular flexibility index (Phi) is 6.28. The zero-order valence-corrected chi connectivity index (χ0v) is 16.3. The second-order valence-corrected chi connectivity index (χ2v) is 7.16. The number of imidazole rings is 1. The van der Waals surface area contributed by atoms with Crippen molar-refractivity contribution in [2.75, 3.05) is 20.3 Å².